The SMILES string of the molecule is CCCCN(CCCC)C(=O)c1cc(C)n(-c2ccc(-c3ccc(F)c(C#N)c3)cc2C(=O)N2Cc3ccccc3C[C@H]2CO)n1.CCCCN(CCCC)C(=O)c1cc(C)n(-c2ccc(-c3cnc4ccccc4c3)cc2C(=O)N2Cc3ccccc3C[C@H]2CO)n1. The van der Waals surface area contributed by atoms with E-state index in [1.807, 2.05) is 127 Å². The van der Waals surface area contributed by atoms with E-state index in [1.54, 1.807) is 49.5 Å². The minimum Gasteiger partial charge on any atom is -0.394 e. The number of aryl methyl sites for hydroxylation is 2. The number of carbonyl (C=O) groups is 4. The van der Waals surface area contributed by atoms with E-state index in [4.69, 9.17) is 10.2 Å². The fourth-order valence-corrected chi connectivity index (χ4v) is 12.4. The van der Waals surface area contributed by atoms with Crippen molar-refractivity contribution in [1.82, 2.24) is 44.1 Å². The molecule has 2 atom stereocenters. The topological polar surface area (TPSA) is 194 Å². The van der Waals surface area contributed by atoms with Gasteiger partial charge >= 0.3 is 0 Å². The van der Waals surface area contributed by atoms with Crippen molar-refractivity contribution in [2.75, 3.05) is 39.4 Å². The zero-order chi connectivity index (χ0) is 65.7. The van der Waals surface area contributed by atoms with Crippen LogP contribution in [0.5, 0.6) is 0 Å². The number of aliphatic hydroxyl groups excluding tert-OH is 2. The maximum atomic E-state index is 14.6. The highest BCUT2D eigenvalue weighted by atomic mass is 19.1. The molecule has 0 saturated carbocycles. The Hall–Kier alpha value is -9.63. The number of nitriles is 1. The lowest BCUT2D eigenvalue weighted by molar-refractivity contribution is 0.0539. The van der Waals surface area contributed by atoms with Gasteiger partial charge in [-0.05, 0) is 152 Å². The van der Waals surface area contributed by atoms with Crippen molar-refractivity contribution in [1.29, 1.82) is 5.26 Å². The van der Waals surface area contributed by atoms with Crippen molar-refractivity contribution in [2.45, 2.75) is 131 Å². The van der Waals surface area contributed by atoms with Crippen LogP contribution >= 0.6 is 0 Å². The number of unbranched alkanes of at least 4 members (excludes halogenated alkanes) is 4. The Morgan fingerprint density at radius 1 is 0.538 bits per heavy atom. The summed E-state index contributed by atoms with van der Waals surface area (Å²) in [5, 5.41) is 40.8. The third-order valence-electron chi connectivity index (χ3n) is 17.8. The maximum Gasteiger partial charge on any atom is 0.274 e. The predicted octanol–water partition coefficient (Wildman–Crippen LogP) is 13.5. The third kappa shape index (κ3) is 14.8. The molecule has 9 aromatic rings. The normalized spacial score (nSPS) is 14.2. The average molecular weight is 1250 g/mol. The maximum absolute atomic E-state index is 14.6. The minimum atomic E-state index is -0.617. The number of rotatable bonds is 22. The summed E-state index contributed by atoms with van der Waals surface area (Å²) in [5.74, 6) is -1.35. The van der Waals surface area contributed by atoms with Gasteiger partial charge in [-0.25, -0.2) is 13.8 Å². The van der Waals surface area contributed by atoms with E-state index >= 15 is 0 Å². The number of hydrogen-bond donors (Lipinski definition) is 2. The van der Waals surface area contributed by atoms with E-state index in [1.165, 1.54) is 12.1 Å². The van der Waals surface area contributed by atoms with Crippen molar-refractivity contribution in [2.24, 2.45) is 0 Å². The molecule has 93 heavy (non-hydrogen) atoms. The van der Waals surface area contributed by atoms with E-state index in [0.29, 0.717) is 103 Å². The van der Waals surface area contributed by atoms with Crippen LogP contribution in [0.15, 0.2) is 152 Å². The quantitative estimate of drug-likeness (QED) is 0.0659. The molecule has 4 amide bonds. The summed E-state index contributed by atoms with van der Waals surface area (Å²) in [5.41, 5.74) is 12.0. The molecule has 2 aliphatic rings. The molecule has 0 unspecified atom stereocenters. The Morgan fingerprint density at radius 3 is 1.41 bits per heavy atom. The molecule has 3 aromatic heterocycles. The molecule has 0 aliphatic carbocycles. The molecular formula is C76H83FN10O6. The molecule has 5 heterocycles. The van der Waals surface area contributed by atoms with Gasteiger partial charge < -0.3 is 29.8 Å². The minimum absolute atomic E-state index is 0.0894. The smallest absolute Gasteiger partial charge is 0.274 e. The fraction of sp³-hybridized carbons (Fsp3) is 0.342. The zero-order valence-corrected chi connectivity index (χ0v) is 54.2. The van der Waals surface area contributed by atoms with Gasteiger partial charge in [0, 0.05) is 67.8 Å². The molecule has 0 radical (unpaired) electrons. The number of carbonyl (C=O) groups excluding carboxylic acids is 4. The van der Waals surface area contributed by atoms with Gasteiger partial charge in [-0.3, -0.25) is 24.2 Å². The largest absolute Gasteiger partial charge is 0.394 e. The lowest BCUT2D eigenvalue weighted by Gasteiger charge is -2.36. The van der Waals surface area contributed by atoms with E-state index < -0.39 is 11.9 Å². The molecule has 6 aromatic carbocycles. The van der Waals surface area contributed by atoms with Crippen LogP contribution in [-0.4, -0.2) is 129 Å². The first kappa shape index (κ1) is 66.3. The summed E-state index contributed by atoms with van der Waals surface area (Å²) in [7, 11) is 0. The number of aliphatic hydroxyl groups is 2. The van der Waals surface area contributed by atoms with Gasteiger partial charge in [-0.15, -0.1) is 0 Å². The Bertz CT molecular complexity index is 4190. The second-order valence-corrected chi connectivity index (χ2v) is 24.3. The number of pyridine rings is 1. The molecule has 17 heteroatoms. The van der Waals surface area contributed by atoms with Crippen LogP contribution in [-0.2, 0) is 25.9 Å². The third-order valence-corrected chi connectivity index (χ3v) is 17.8. The molecule has 0 bridgehead atoms. The lowest BCUT2D eigenvalue weighted by atomic mass is 9.93. The van der Waals surface area contributed by atoms with E-state index in [-0.39, 0.29) is 48.4 Å². The predicted molar refractivity (Wildman–Crippen MR) is 361 cm³/mol. The van der Waals surface area contributed by atoms with Crippen LogP contribution in [0.2, 0.25) is 0 Å². The van der Waals surface area contributed by atoms with Crippen molar-refractivity contribution in [3.05, 3.63) is 219 Å². The first-order valence-corrected chi connectivity index (χ1v) is 32.7. The van der Waals surface area contributed by atoms with Crippen LogP contribution < -0.4 is 0 Å². The zero-order valence-electron chi connectivity index (χ0n) is 54.2. The number of amides is 4. The number of aromatic nitrogens is 5. The Morgan fingerprint density at radius 2 is 0.957 bits per heavy atom. The first-order valence-electron chi connectivity index (χ1n) is 32.7. The van der Waals surface area contributed by atoms with Crippen LogP contribution in [0, 0.1) is 31.0 Å². The molecule has 2 aliphatic heterocycles. The molecule has 2 N–H and O–H groups in total. The van der Waals surface area contributed by atoms with Crippen molar-refractivity contribution in [3.8, 4) is 39.7 Å². The van der Waals surface area contributed by atoms with Gasteiger partial charge in [-0.1, -0.05) is 138 Å². The summed E-state index contributed by atoms with van der Waals surface area (Å²) >= 11 is 0. The highest BCUT2D eigenvalue weighted by molar-refractivity contribution is 6.01. The Labute approximate surface area is 544 Å². The lowest BCUT2D eigenvalue weighted by Crippen LogP contribution is -2.46. The Kier molecular flexibility index (Phi) is 21.9. The highest BCUT2D eigenvalue weighted by Gasteiger charge is 2.35. The summed E-state index contributed by atoms with van der Waals surface area (Å²) < 4.78 is 17.5. The van der Waals surface area contributed by atoms with Gasteiger partial charge in [0.15, 0.2) is 11.4 Å². The van der Waals surface area contributed by atoms with Gasteiger partial charge in [0.2, 0.25) is 0 Å². The Balaban J connectivity index is 0.000000203. The van der Waals surface area contributed by atoms with Crippen molar-refractivity contribution >= 4 is 34.5 Å². The second kappa shape index (κ2) is 30.7. The summed E-state index contributed by atoms with van der Waals surface area (Å²) in [6.07, 6.45) is 10.5. The number of benzene rings is 6. The van der Waals surface area contributed by atoms with Gasteiger partial charge in [0.1, 0.15) is 11.9 Å². The monoisotopic (exact) mass is 1250 g/mol. The number of para-hydroxylation sites is 1. The van der Waals surface area contributed by atoms with Gasteiger partial charge in [0.25, 0.3) is 23.6 Å². The average Bonchev–Trinajstić information content (AvgIpc) is 1.76. The molecule has 11 rings (SSSR count). The number of hydrogen-bond acceptors (Lipinski definition) is 10. The van der Waals surface area contributed by atoms with Gasteiger partial charge in [0.05, 0.1) is 58.9 Å². The summed E-state index contributed by atoms with van der Waals surface area (Å²) in [6, 6.07) is 46.0. The molecule has 0 fully saturated rings. The second-order valence-electron chi connectivity index (χ2n) is 24.3. The summed E-state index contributed by atoms with van der Waals surface area (Å²) in [6.45, 7) is 15.3. The van der Waals surface area contributed by atoms with Crippen LogP contribution in [0.4, 0.5) is 4.39 Å². The van der Waals surface area contributed by atoms with E-state index in [2.05, 4.69) is 44.8 Å². The first-order chi connectivity index (χ1) is 45.2. The fourth-order valence-electron chi connectivity index (χ4n) is 12.4. The van der Waals surface area contributed by atoms with Crippen LogP contribution in [0.25, 0.3) is 44.5 Å². The van der Waals surface area contributed by atoms with Crippen LogP contribution in [0.3, 0.4) is 0 Å². The molecule has 0 saturated heterocycles. The standard InChI is InChI=1S/C39H43N5O3.C37H40FN5O3/c1-4-6-18-42(19-7-5-2)39(47)36-20-27(3)44(41-36)37-17-16-29(32-21-30-13-10-11-15-35(30)40-24-32)23-34(37)38(46)43-25-31-14-9-8-12-28(31)22-33(43)26-45;1-4-6-16-41(17-7-5-2)37(46)34-18-25(3)43(40-34)35-15-13-28(27-12-14-33(38)30(19-27)22-39)21-32(35)36(45)42-23-29-11-9-8-10-26(29)20-31(42)24-44/h8-17,20-21,23-24,33,45H,4-7,18-19,22,25-26H2,1-3H3;8-15,18-19,21,31,44H,4-7,16-17,20,23-24H2,1-3H3/t33-;31-/m00/s1. The van der Waals surface area contributed by atoms with Crippen LogP contribution in [0.1, 0.15) is 160 Å². The van der Waals surface area contributed by atoms with Crippen molar-refractivity contribution < 1.29 is 33.8 Å². The highest BCUT2D eigenvalue weighted by Crippen LogP contribution is 2.34. The van der Waals surface area contributed by atoms with E-state index in [9.17, 15) is 39.0 Å². The number of nitrogens with zero attached hydrogens (tertiary/aromatic N) is 10. The molecule has 480 valence electrons. The van der Waals surface area contributed by atoms with E-state index in [0.717, 1.165) is 101 Å². The molecule has 0 spiro atoms. The number of halogens is 1. The van der Waals surface area contributed by atoms with Gasteiger partial charge in [-0.2, -0.15) is 15.5 Å². The molecule has 16 nitrogen and oxygen atoms in total. The molecular weight excluding hydrogens is 1170 g/mol. The summed E-state index contributed by atoms with van der Waals surface area (Å²) in [4.78, 5) is 68.4. The number of fused-ring (bicyclic) bond motifs is 3. The van der Waals surface area contributed by atoms with Crippen molar-refractivity contribution in [3.63, 3.8) is 0 Å².